The van der Waals surface area contributed by atoms with Crippen molar-refractivity contribution < 1.29 is 28.6 Å². The normalized spacial score (nSPS) is 12.5. The molecule has 0 aliphatic carbocycles. The number of carbonyl (C=O) groups is 3. The summed E-state index contributed by atoms with van der Waals surface area (Å²) in [4.78, 5) is 38.0. The number of unbranched alkanes of at least 4 members (excludes halogenated alkanes) is 34. The van der Waals surface area contributed by atoms with E-state index in [1.807, 2.05) is 0 Å². The van der Waals surface area contributed by atoms with Crippen LogP contribution in [0.5, 0.6) is 0 Å². The summed E-state index contributed by atoms with van der Waals surface area (Å²) in [5.41, 5.74) is 0. The lowest BCUT2D eigenvalue weighted by molar-refractivity contribution is -0.167. The Morgan fingerprint density at radius 2 is 0.613 bits per heavy atom. The highest BCUT2D eigenvalue weighted by molar-refractivity contribution is 5.71. The van der Waals surface area contributed by atoms with Gasteiger partial charge in [0, 0.05) is 19.3 Å². The molecular formula is C56H108O6. The van der Waals surface area contributed by atoms with Gasteiger partial charge in [0.25, 0.3) is 0 Å². The molecule has 0 heterocycles. The molecule has 0 aromatic heterocycles. The SMILES string of the molecule is CCCCCCCCCCCCCCCC(=O)O[C@@H](COC(=O)CCCCCCCCCCCCCCCCC(C)CC)COC(=O)CCCCCCCCCCCCC(C)C. The van der Waals surface area contributed by atoms with Crippen LogP contribution in [0.2, 0.25) is 0 Å². The van der Waals surface area contributed by atoms with Gasteiger partial charge < -0.3 is 14.2 Å². The quantitative estimate of drug-likeness (QED) is 0.0344. The van der Waals surface area contributed by atoms with Crippen molar-refractivity contribution in [3.63, 3.8) is 0 Å². The second-order valence-corrected chi connectivity index (χ2v) is 19.9. The van der Waals surface area contributed by atoms with Crippen molar-refractivity contribution in [2.75, 3.05) is 13.2 Å². The molecule has 0 aromatic rings. The number of carbonyl (C=O) groups excluding carboxylic acids is 3. The summed E-state index contributed by atoms with van der Waals surface area (Å²) in [6.07, 6.45) is 50.8. The first kappa shape index (κ1) is 60.4. The maximum atomic E-state index is 12.8. The van der Waals surface area contributed by atoms with E-state index in [0.717, 1.165) is 69.6 Å². The Bertz CT molecular complexity index is 949. The summed E-state index contributed by atoms with van der Waals surface area (Å²) in [5, 5.41) is 0. The van der Waals surface area contributed by atoms with E-state index in [9.17, 15) is 14.4 Å². The van der Waals surface area contributed by atoms with Gasteiger partial charge in [-0.2, -0.15) is 0 Å². The van der Waals surface area contributed by atoms with E-state index in [2.05, 4.69) is 34.6 Å². The molecule has 0 saturated heterocycles. The molecule has 0 N–H and O–H groups in total. The van der Waals surface area contributed by atoms with Crippen LogP contribution >= 0.6 is 0 Å². The van der Waals surface area contributed by atoms with Crippen LogP contribution in [0.1, 0.15) is 311 Å². The van der Waals surface area contributed by atoms with Crippen LogP contribution in [0.3, 0.4) is 0 Å². The number of rotatable bonds is 50. The Labute approximate surface area is 387 Å². The lowest BCUT2D eigenvalue weighted by atomic mass is 9.99. The fourth-order valence-electron chi connectivity index (χ4n) is 8.49. The molecular weight excluding hydrogens is 769 g/mol. The lowest BCUT2D eigenvalue weighted by Gasteiger charge is -2.18. The molecule has 1 unspecified atom stereocenters. The predicted octanol–water partition coefficient (Wildman–Crippen LogP) is 18.1. The Hall–Kier alpha value is -1.59. The van der Waals surface area contributed by atoms with E-state index in [-0.39, 0.29) is 31.1 Å². The first-order valence-corrected chi connectivity index (χ1v) is 27.8. The summed E-state index contributed by atoms with van der Waals surface area (Å²) in [5.74, 6) is 0.871. The van der Waals surface area contributed by atoms with Gasteiger partial charge >= 0.3 is 17.9 Å². The van der Waals surface area contributed by atoms with Gasteiger partial charge in [0.15, 0.2) is 6.10 Å². The minimum atomic E-state index is -0.762. The van der Waals surface area contributed by atoms with Crippen molar-refractivity contribution in [3.05, 3.63) is 0 Å². The molecule has 6 nitrogen and oxygen atoms in total. The van der Waals surface area contributed by atoms with Gasteiger partial charge in [0.05, 0.1) is 0 Å². The second-order valence-electron chi connectivity index (χ2n) is 19.9. The van der Waals surface area contributed by atoms with Gasteiger partial charge in [-0.15, -0.1) is 0 Å². The summed E-state index contributed by atoms with van der Waals surface area (Å²) >= 11 is 0. The third-order valence-corrected chi connectivity index (χ3v) is 13.1. The van der Waals surface area contributed by atoms with Crippen LogP contribution < -0.4 is 0 Å². The first-order valence-electron chi connectivity index (χ1n) is 27.8. The molecule has 6 heteroatoms. The van der Waals surface area contributed by atoms with Gasteiger partial charge in [-0.05, 0) is 31.1 Å². The molecule has 0 rings (SSSR count). The molecule has 0 aliphatic rings. The summed E-state index contributed by atoms with van der Waals surface area (Å²) < 4.78 is 16.9. The van der Waals surface area contributed by atoms with Gasteiger partial charge in [-0.25, -0.2) is 0 Å². The van der Waals surface area contributed by atoms with E-state index in [0.29, 0.717) is 19.3 Å². The average molecular weight is 877 g/mol. The minimum Gasteiger partial charge on any atom is -0.462 e. The molecule has 0 amide bonds. The smallest absolute Gasteiger partial charge is 0.306 e. The highest BCUT2D eigenvalue weighted by Gasteiger charge is 2.19. The van der Waals surface area contributed by atoms with E-state index in [1.54, 1.807) is 0 Å². The molecule has 2 atom stereocenters. The molecule has 0 fully saturated rings. The number of ether oxygens (including phenoxy) is 3. The van der Waals surface area contributed by atoms with Crippen molar-refractivity contribution in [3.8, 4) is 0 Å². The van der Waals surface area contributed by atoms with Crippen LogP contribution in [-0.4, -0.2) is 37.2 Å². The van der Waals surface area contributed by atoms with Crippen LogP contribution in [0.15, 0.2) is 0 Å². The highest BCUT2D eigenvalue weighted by atomic mass is 16.6. The summed E-state index contributed by atoms with van der Waals surface area (Å²) in [7, 11) is 0. The zero-order valence-corrected chi connectivity index (χ0v) is 42.5. The van der Waals surface area contributed by atoms with Crippen LogP contribution in [0.25, 0.3) is 0 Å². The van der Waals surface area contributed by atoms with E-state index in [4.69, 9.17) is 14.2 Å². The molecule has 0 bridgehead atoms. The van der Waals surface area contributed by atoms with Crippen LogP contribution in [0.4, 0.5) is 0 Å². The molecule has 0 saturated carbocycles. The maximum Gasteiger partial charge on any atom is 0.306 e. The Morgan fingerprint density at radius 1 is 0.339 bits per heavy atom. The van der Waals surface area contributed by atoms with Crippen molar-refractivity contribution >= 4 is 17.9 Å². The topological polar surface area (TPSA) is 78.9 Å². The number of esters is 3. The molecule has 368 valence electrons. The zero-order valence-electron chi connectivity index (χ0n) is 42.5. The molecule has 0 aliphatic heterocycles. The van der Waals surface area contributed by atoms with Crippen LogP contribution in [-0.2, 0) is 28.6 Å². The third kappa shape index (κ3) is 47.9. The molecule has 0 aromatic carbocycles. The standard InChI is InChI=1S/C56H108O6/c1-6-8-9-10-11-12-13-16-21-28-33-38-43-48-56(59)62-53(50-61-55(58)47-42-37-32-27-23-22-24-29-34-39-44-51(3)4)49-60-54(57)46-41-36-31-26-20-18-15-14-17-19-25-30-35-40-45-52(5)7-2/h51-53H,6-50H2,1-5H3/t52?,53-/m0/s1. The van der Waals surface area contributed by atoms with E-state index in [1.165, 1.54) is 199 Å². The van der Waals surface area contributed by atoms with Crippen molar-refractivity contribution in [2.45, 2.75) is 317 Å². The Morgan fingerprint density at radius 3 is 0.919 bits per heavy atom. The molecule has 0 radical (unpaired) electrons. The second kappa shape index (κ2) is 48.9. The monoisotopic (exact) mass is 877 g/mol. The number of hydrogen-bond acceptors (Lipinski definition) is 6. The average Bonchev–Trinajstić information content (AvgIpc) is 3.26. The van der Waals surface area contributed by atoms with Crippen LogP contribution in [0, 0.1) is 11.8 Å². The van der Waals surface area contributed by atoms with Crippen molar-refractivity contribution in [1.29, 1.82) is 0 Å². The van der Waals surface area contributed by atoms with E-state index >= 15 is 0 Å². The number of hydrogen-bond donors (Lipinski definition) is 0. The zero-order chi connectivity index (χ0) is 45.4. The van der Waals surface area contributed by atoms with Crippen molar-refractivity contribution in [1.82, 2.24) is 0 Å². The third-order valence-electron chi connectivity index (χ3n) is 13.1. The van der Waals surface area contributed by atoms with Gasteiger partial charge in [0.2, 0.25) is 0 Å². The lowest BCUT2D eigenvalue weighted by Crippen LogP contribution is -2.30. The first-order chi connectivity index (χ1) is 30.3. The largest absolute Gasteiger partial charge is 0.462 e. The fraction of sp³-hybridized carbons (Fsp3) is 0.946. The van der Waals surface area contributed by atoms with E-state index < -0.39 is 6.10 Å². The van der Waals surface area contributed by atoms with Gasteiger partial charge in [-0.1, -0.05) is 272 Å². The molecule has 0 spiro atoms. The summed E-state index contributed by atoms with van der Waals surface area (Å²) in [6, 6.07) is 0. The van der Waals surface area contributed by atoms with Crippen molar-refractivity contribution in [2.24, 2.45) is 11.8 Å². The fourth-order valence-corrected chi connectivity index (χ4v) is 8.49. The Kier molecular flexibility index (Phi) is 47.6. The molecule has 62 heavy (non-hydrogen) atoms. The summed E-state index contributed by atoms with van der Waals surface area (Å²) in [6.45, 7) is 11.4. The minimum absolute atomic E-state index is 0.0631. The maximum absolute atomic E-state index is 12.8. The highest BCUT2D eigenvalue weighted by Crippen LogP contribution is 2.18. The Balaban J connectivity index is 4.28. The van der Waals surface area contributed by atoms with Gasteiger partial charge in [0.1, 0.15) is 13.2 Å². The van der Waals surface area contributed by atoms with Gasteiger partial charge in [-0.3, -0.25) is 14.4 Å². The predicted molar refractivity (Wildman–Crippen MR) is 266 cm³/mol.